The highest BCUT2D eigenvalue weighted by atomic mass is 16.3. The molecule has 0 saturated carbocycles. The third-order valence-electron chi connectivity index (χ3n) is 12.8. The summed E-state index contributed by atoms with van der Waals surface area (Å²) in [5.41, 5.74) is 13.2. The summed E-state index contributed by atoms with van der Waals surface area (Å²) >= 11 is 0. The van der Waals surface area contributed by atoms with E-state index in [-0.39, 0.29) is 0 Å². The van der Waals surface area contributed by atoms with Crippen LogP contribution in [0.1, 0.15) is 22.3 Å². The van der Waals surface area contributed by atoms with Gasteiger partial charge >= 0.3 is 0 Å². The Balaban J connectivity index is 1.00. The monoisotopic (exact) mass is 843 g/mol. The summed E-state index contributed by atoms with van der Waals surface area (Å²) in [4.78, 5) is 14.9. The Hall–Kier alpha value is -8.73. The lowest BCUT2D eigenvalue weighted by atomic mass is 9.65. The van der Waals surface area contributed by atoms with Gasteiger partial charge in [0.05, 0.1) is 5.41 Å². The van der Waals surface area contributed by atoms with E-state index in [9.17, 15) is 0 Å². The number of fused-ring (bicyclic) bond motifs is 4. The predicted molar refractivity (Wildman–Crippen MR) is 270 cm³/mol. The Morgan fingerprint density at radius 3 is 1.32 bits per heavy atom. The molecular weight excluding hydrogens is 803 g/mol. The van der Waals surface area contributed by atoms with Gasteiger partial charge in [0.25, 0.3) is 0 Å². The number of furan rings is 1. The van der Waals surface area contributed by atoms with Crippen LogP contribution in [-0.2, 0) is 5.41 Å². The van der Waals surface area contributed by atoms with E-state index < -0.39 is 5.41 Å². The fourth-order valence-electron chi connectivity index (χ4n) is 9.74. The van der Waals surface area contributed by atoms with Crippen LogP contribution in [0.2, 0.25) is 0 Å². The lowest BCUT2D eigenvalue weighted by molar-refractivity contribution is 0.669. The molecule has 310 valence electrons. The van der Waals surface area contributed by atoms with Crippen LogP contribution in [0, 0.1) is 0 Å². The molecule has 0 aliphatic carbocycles. The number of aromatic nitrogens is 3. The maximum absolute atomic E-state index is 6.70. The third kappa shape index (κ3) is 6.84. The van der Waals surface area contributed by atoms with Crippen molar-refractivity contribution in [1.82, 2.24) is 15.0 Å². The molecule has 66 heavy (non-hydrogen) atoms. The molecule has 12 rings (SSSR count). The van der Waals surface area contributed by atoms with Crippen LogP contribution in [0.3, 0.4) is 0 Å². The second-order valence-corrected chi connectivity index (χ2v) is 16.7. The van der Waals surface area contributed by atoms with Gasteiger partial charge in [0, 0.05) is 27.5 Å². The third-order valence-corrected chi connectivity index (χ3v) is 12.8. The van der Waals surface area contributed by atoms with Crippen LogP contribution >= 0.6 is 0 Å². The molecule has 12 aromatic rings. The number of hydrogen-bond donors (Lipinski definition) is 0. The van der Waals surface area contributed by atoms with E-state index in [1.54, 1.807) is 0 Å². The highest BCUT2D eigenvalue weighted by Gasteiger charge is 2.38. The van der Waals surface area contributed by atoms with E-state index in [0.29, 0.717) is 17.5 Å². The molecule has 0 aliphatic heterocycles. The summed E-state index contributed by atoms with van der Waals surface area (Å²) in [5.74, 6) is 1.91. The lowest BCUT2D eigenvalue weighted by Crippen LogP contribution is -2.31. The number of para-hydroxylation sites is 1. The van der Waals surface area contributed by atoms with Gasteiger partial charge in [-0.05, 0) is 91.7 Å². The van der Waals surface area contributed by atoms with Crippen molar-refractivity contribution in [2.45, 2.75) is 5.41 Å². The summed E-state index contributed by atoms with van der Waals surface area (Å²) in [6, 6.07) is 88.0. The van der Waals surface area contributed by atoms with Gasteiger partial charge in [-0.2, -0.15) is 0 Å². The first-order chi connectivity index (χ1) is 32.7. The summed E-state index contributed by atoms with van der Waals surface area (Å²) < 4.78 is 6.70. The van der Waals surface area contributed by atoms with E-state index in [0.717, 1.165) is 71.7 Å². The molecule has 0 saturated heterocycles. The van der Waals surface area contributed by atoms with Gasteiger partial charge in [0.2, 0.25) is 0 Å². The van der Waals surface area contributed by atoms with Crippen molar-refractivity contribution in [2.24, 2.45) is 0 Å². The molecule has 10 aromatic carbocycles. The van der Waals surface area contributed by atoms with E-state index in [1.165, 1.54) is 22.3 Å². The molecule has 0 bridgehead atoms. The molecule has 0 aliphatic rings. The molecule has 0 N–H and O–H groups in total. The van der Waals surface area contributed by atoms with Crippen molar-refractivity contribution in [3.05, 3.63) is 271 Å². The molecule has 2 aromatic heterocycles. The van der Waals surface area contributed by atoms with Crippen molar-refractivity contribution in [3.8, 4) is 56.4 Å². The van der Waals surface area contributed by atoms with E-state index in [4.69, 9.17) is 19.4 Å². The van der Waals surface area contributed by atoms with Gasteiger partial charge < -0.3 is 4.42 Å². The van der Waals surface area contributed by atoms with Crippen LogP contribution in [-0.4, -0.2) is 15.0 Å². The molecule has 0 spiro atoms. The molecular formula is C62H41N3O. The van der Waals surface area contributed by atoms with Gasteiger partial charge in [0.1, 0.15) is 11.2 Å². The van der Waals surface area contributed by atoms with Crippen molar-refractivity contribution >= 4 is 32.7 Å². The first-order valence-corrected chi connectivity index (χ1v) is 22.3. The maximum atomic E-state index is 6.70. The van der Waals surface area contributed by atoms with Gasteiger partial charge in [-0.15, -0.1) is 0 Å². The molecule has 0 radical (unpaired) electrons. The first-order valence-electron chi connectivity index (χ1n) is 22.3. The Bertz CT molecular complexity index is 3530. The zero-order valence-corrected chi connectivity index (χ0v) is 35.9. The second kappa shape index (κ2) is 16.4. The van der Waals surface area contributed by atoms with Crippen LogP contribution < -0.4 is 0 Å². The number of benzene rings is 10. The van der Waals surface area contributed by atoms with Crippen LogP contribution in [0.4, 0.5) is 0 Å². The average molecular weight is 844 g/mol. The second-order valence-electron chi connectivity index (χ2n) is 16.7. The standard InChI is InChI=1S/C62H41N3O/c1-6-19-42(20-7-1)59-63-60(43-21-8-2-9-22-43)65-61(64-59)48-36-34-45-37-47(35-33-46(45)38-48)55-40-49(41-57-58(55)54-31-16-17-32-56(54)66-57)44-23-18-30-53(39-44)62(50-24-10-3-11-25-50,51-26-12-4-13-27-51)52-28-14-5-15-29-52/h1-41H. The zero-order chi connectivity index (χ0) is 43.9. The summed E-state index contributed by atoms with van der Waals surface area (Å²) in [6.45, 7) is 0. The molecule has 0 unspecified atom stereocenters. The summed E-state index contributed by atoms with van der Waals surface area (Å²) in [7, 11) is 0. The lowest BCUT2D eigenvalue weighted by Gasteiger charge is -2.37. The van der Waals surface area contributed by atoms with Crippen LogP contribution in [0.5, 0.6) is 0 Å². The van der Waals surface area contributed by atoms with E-state index >= 15 is 0 Å². The molecule has 0 amide bonds. The topological polar surface area (TPSA) is 51.8 Å². The van der Waals surface area contributed by atoms with Gasteiger partial charge in [-0.3, -0.25) is 0 Å². The molecule has 0 atom stereocenters. The molecule has 2 heterocycles. The fourth-order valence-corrected chi connectivity index (χ4v) is 9.74. The Kier molecular flexibility index (Phi) is 9.69. The minimum atomic E-state index is -0.573. The minimum Gasteiger partial charge on any atom is -0.456 e. The zero-order valence-electron chi connectivity index (χ0n) is 35.9. The van der Waals surface area contributed by atoms with Gasteiger partial charge in [-0.1, -0.05) is 212 Å². The maximum Gasteiger partial charge on any atom is 0.164 e. The molecule has 0 fully saturated rings. The summed E-state index contributed by atoms with van der Waals surface area (Å²) in [5, 5.41) is 4.40. The quantitative estimate of drug-likeness (QED) is 0.136. The van der Waals surface area contributed by atoms with Crippen LogP contribution in [0.15, 0.2) is 253 Å². The highest BCUT2D eigenvalue weighted by molar-refractivity contribution is 6.14. The Labute approximate surface area is 383 Å². The number of nitrogens with zero attached hydrogens (tertiary/aromatic N) is 3. The number of hydrogen-bond acceptors (Lipinski definition) is 4. The van der Waals surface area contributed by atoms with Crippen LogP contribution in [0.25, 0.3) is 89.1 Å². The predicted octanol–water partition coefficient (Wildman–Crippen LogP) is 15.6. The Morgan fingerprint density at radius 2 is 0.742 bits per heavy atom. The number of rotatable bonds is 9. The van der Waals surface area contributed by atoms with Crippen molar-refractivity contribution in [3.63, 3.8) is 0 Å². The largest absolute Gasteiger partial charge is 0.456 e. The highest BCUT2D eigenvalue weighted by Crippen LogP contribution is 2.47. The Morgan fingerprint density at radius 1 is 0.288 bits per heavy atom. The van der Waals surface area contributed by atoms with Gasteiger partial charge in [0.15, 0.2) is 17.5 Å². The fraction of sp³-hybridized carbons (Fsp3) is 0.0161. The SMILES string of the molecule is c1ccc(-c2nc(-c3ccccc3)nc(-c3ccc4cc(-c5cc(-c6cccc(C(c7ccccc7)(c7ccccc7)c7ccccc7)c6)cc6oc7ccccc7c56)ccc4c3)n2)cc1. The van der Waals surface area contributed by atoms with E-state index in [2.05, 4.69) is 182 Å². The average Bonchev–Trinajstić information content (AvgIpc) is 3.78. The molecule has 4 heteroatoms. The smallest absolute Gasteiger partial charge is 0.164 e. The first kappa shape index (κ1) is 38.9. The molecule has 4 nitrogen and oxygen atoms in total. The van der Waals surface area contributed by atoms with Gasteiger partial charge in [-0.25, -0.2) is 15.0 Å². The van der Waals surface area contributed by atoms with Crippen molar-refractivity contribution in [2.75, 3.05) is 0 Å². The van der Waals surface area contributed by atoms with Crippen molar-refractivity contribution in [1.29, 1.82) is 0 Å². The van der Waals surface area contributed by atoms with E-state index in [1.807, 2.05) is 66.7 Å². The summed E-state index contributed by atoms with van der Waals surface area (Å²) in [6.07, 6.45) is 0. The van der Waals surface area contributed by atoms with Crippen molar-refractivity contribution < 1.29 is 4.42 Å². The normalized spacial score (nSPS) is 11.6. The minimum absolute atomic E-state index is 0.573.